The molecule has 2 amide bonds. The van der Waals surface area contributed by atoms with Gasteiger partial charge in [0.05, 0.1) is 0 Å². The van der Waals surface area contributed by atoms with Gasteiger partial charge in [-0.1, -0.05) is 30.3 Å². The Morgan fingerprint density at radius 2 is 1.65 bits per heavy atom. The fourth-order valence-electron chi connectivity index (χ4n) is 3.35. The van der Waals surface area contributed by atoms with Crippen LogP contribution < -0.4 is 11.1 Å². The first kappa shape index (κ1) is 18.1. The number of nitrogens with one attached hydrogen (secondary N) is 1. The van der Waals surface area contributed by atoms with Crippen LogP contribution >= 0.6 is 0 Å². The molecule has 3 rings (SSSR count). The van der Waals surface area contributed by atoms with Gasteiger partial charge >= 0.3 is 0 Å². The topological polar surface area (TPSA) is 75.4 Å². The second-order valence-electron chi connectivity index (χ2n) is 6.52. The van der Waals surface area contributed by atoms with E-state index in [2.05, 4.69) is 10.2 Å². The number of likely N-dealkylation sites (tertiary alicyclic amines) is 1. The molecule has 0 unspecified atom stereocenters. The Bertz CT molecular complexity index is 756. The summed E-state index contributed by atoms with van der Waals surface area (Å²) in [4.78, 5) is 26.4. The number of anilines is 1. The van der Waals surface area contributed by atoms with Gasteiger partial charge in [0.15, 0.2) is 0 Å². The predicted molar refractivity (Wildman–Crippen MR) is 97.7 cm³/mol. The van der Waals surface area contributed by atoms with E-state index in [-0.39, 0.29) is 23.5 Å². The highest BCUT2D eigenvalue weighted by atomic mass is 19.1. The molecule has 1 fully saturated rings. The number of rotatable bonds is 5. The predicted octanol–water partition coefficient (Wildman–Crippen LogP) is 2.70. The van der Waals surface area contributed by atoms with Gasteiger partial charge in [0.2, 0.25) is 11.8 Å². The van der Waals surface area contributed by atoms with Gasteiger partial charge < -0.3 is 11.1 Å². The summed E-state index contributed by atoms with van der Waals surface area (Å²) < 4.78 is 13.1. The van der Waals surface area contributed by atoms with Crippen molar-refractivity contribution < 1.29 is 14.0 Å². The molecule has 1 heterocycles. The Morgan fingerprint density at radius 3 is 2.23 bits per heavy atom. The monoisotopic (exact) mass is 355 g/mol. The van der Waals surface area contributed by atoms with Gasteiger partial charge in [-0.15, -0.1) is 0 Å². The summed E-state index contributed by atoms with van der Waals surface area (Å²) in [5.41, 5.74) is 6.83. The molecule has 0 bridgehead atoms. The smallest absolute Gasteiger partial charge is 0.246 e. The lowest BCUT2D eigenvalue weighted by Gasteiger charge is -2.36. The standard InChI is InChI=1S/C20H22FN3O2/c21-16-6-8-17(9-7-16)23-20(26)18(14-4-2-1-3-5-14)24-12-10-15(11-13-24)19(22)25/h1-9,15,18H,10-13H2,(H2,22,25)(H,23,26)/t18-/m1/s1. The molecule has 0 aromatic heterocycles. The summed E-state index contributed by atoms with van der Waals surface area (Å²) in [5.74, 6) is -0.948. The molecule has 0 radical (unpaired) electrons. The molecular formula is C20H22FN3O2. The van der Waals surface area contributed by atoms with Crippen molar-refractivity contribution >= 4 is 17.5 Å². The van der Waals surface area contributed by atoms with Crippen molar-refractivity contribution in [1.29, 1.82) is 0 Å². The number of benzene rings is 2. The largest absolute Gasteiger partial charge is 0.369 e. The van der Waals surface area contributed by atoms with Crippen molar-refractivity contribution in [1.82, 2.24) is 4.90 Å². The molecule has 136 valence electrons. The van der Waals surface area contributed by atoms with Crippen LogP contribution in [-0.4, -0.2) is 29.8 Å². The molecule has 0 saturated carbocycles. The van der Waals surface area contributed by atoms with Crippen molar-refractivity contribution in [3.05, 3.63) is 66.0 Å². The van der Waals surface area contributed by atoms with Crippen molar-refractivity contribution in [2.75, 3.05) is 18.4 Å². The lowest BCUT2D eigenvalue weighted by molar-refractivity contribution is -0.125. The molecule has 5 nitrogen and oxygen atoms in total. The summed E-state index contributed by atoms with van der Waals surface area (Å²) in [6.45, 7) is 1.23. The van der Waals surface area contributed by atoms with Crippen LogP contribution in [0.25, 0.3) is 0 Å². The van der Waals surface area contributed by atoms with Crippen molar-refractivity contribution in [2.24, 2.45) is 11.7 Å². The number of carbonyl (C=O) groups is 2. The van der Waals surface area contributed by atoms with Gasteiger partial charge in [-0.3, -0.25) is 14.5 Å². The Hall–Kier alpha value is -2.73. The van der Waals surface area contributed by atoms with Crippen LogP contribution in [0.3, 0.4) is 0 Å². The first-order valence-corrected chi connectivity index (χ1v) is 8.69. The number of nitrogens with zero attached hydrogens (tertiary/aromatic N) is 1. The Kier molecular flexibility index (Phi) is 5.63. The highest BCUT2D eigenvalue weighted by Crippen LogP contribution is 2.28. The maximum absolute atomic E-state index is 13.1. The summed E-state index contributed by atoms with van der Waals surface area (Å²) >= 11 is 0. The number of hydrogen-bond donors (Lipinski definition) is 2. The highest BCUT2D eigenvalue weighted by Gasteiger charge is 2.32. The van der Waals surface area contributed by atoms with E-state index < -0.39 is 6.04 Å². The lowest BCUT2D eigenvalue weighted by Crippen LogP contribution is -2.44. The van der Waals surface area contributed by atoms with Crippen LogP contribution in [0.2, 0.25) is 0 Å². The first-order chi connectivity index (χ1) is 12.5. The Labute approximate surface area is 152 Å². The maximum Gasteiger partial charge on any atom is 0.246 e. The molecule has 1 atom stereocenters. The molecule has 1 saturated heterocycles. The number of halogens is 1. The first-order valence-electron chi connectivity index (χ1n) is 8.69. The fourth-order valence-corrected chi connectivity index (χ4v) is 3.35. The maximum atomic E-state index is 13.1. The van der Waals surface area contributed by atoms with Crippen molar-refractivity contribution in [3.63, 3.8) is 0 Å². The zero-order valence-electron chi connectivity index (χ0n) is 14.4. The molecule has 3 N–H and O–H groups in total. The molecule has 1 aliphatic rings. The number of nitrogens with two attached hydrogens (primary N) is 1. The molecule has 6 heteroatoms. The number of hydrogen-bond acceptors (Lipinski definition) is 3. The number of carbonyl (C=O) groups excluding carboxylic acids is 2. The lowest BCUT2D eigenvalue weighted by atomic mass is 9.93. The quantitative estimate of drug-likeness (QED) is 0.866. The van der Waals surface area contributed by atoms with Gasteiger partial charge in [-0.25, -0.2) is 4.39 Å². The van der Waals surface area contributed by atoms with Crippen LogP contribution in [0.15, 0.2) is 54.6 Å². The van der Waals surface area contributed by atoms with E-state index >= 15 is 0 Å². The van der Waals surface area contributed by atoms with Crippen LogP contribution in [0.1, 0.15) is 24.4 Å². The normalized spacial score (nSPS) is 16.8. The second-order valence-corrected chi connectivity index (χ2v) is 6.52. The molecule has 0 spiro atoms. The molecule has 0 aliphatic carbocycles. The molecule has 26 heavy (non-hydrogen) atoms. The summed E-state index contributed by atoms with van der Waals surface area (Å²) in [6, 6.07) is 14.7. The minimum atomic E-state index is -0.477. The third-order valence-electron chi connectivity index (χ3n) is 4.77. The average Bonchev–Trinajstić information content (AvgIpc) is 2.65. The van der Waals surface area contributed by atoms with Crippen LogP contribution in [0.4, 0.5) is 10.1 Å². The van der Waals surface area contributed by atoms with E-state index in [1.54, 1.807) is 0 Å². The van der Waals surface area contributed by atoms with Crippen molar-refractivity contribution in [2.45, 2.75) is 18.9 Å². The molecule has 2 aromatic carbocycles. The third kappa shape index (κ3) is 4.26. The second kappa shape index (κ2) is 8.10. The van der Waals surface area contributed by atoms with E-state index in [1.165, 1.54) is 24.3 Å². The number of piperidine rings is 1. The Balaban J connectivity index is 1.79. The van der Waals surface area contributed by atoms with Crippen molar-refractivity contribution in [3.8, 4) is 0 Å². The van der Waals surface area contributed by atoms with E-state index in [9.17, 15) is 14.0 Å². The summed E-state index contributed by atoms with van der Waals surface area (Å²) in [5, 5.41) is 2.86. The van der Waals surface area contributed by atoms with Crippen LogP contribution in [-0.2, 0) is 9.59 Å². The van der Waals surface area contributed by atoms with Gasteiger partial charge in [0, 0.05) is 11.6 Å². The highest BCUT2D eigenvalue weighted by molar-refractivity contribution is 5.95. The fraction of sp³-hybridized carbons (Fsp3) is 0.300. The third-order valence-corrected chi connectivity index (χ3v) is 4.77. The average molecular weight is 355 g/mol. The minimum Gasteiger partial charge on any atom is -0.369 e. The van der Waals surface area contributed by atoms with Crippen LogP contribution in [0, 0.1) is 11.7 Å². The number of primary amides is 1. The minimum absolute atomic E-state index is 0.136. The zero-order chi connectivity index (χ0) is 18.5. The van der Waals surface area contributed by atoms with Gasteiger partial charge in [-0.2, -0.15) is 0 Å². The SMILES string of the molecule is NC(=O)C1CCN([C@@H](C(=O)Nc2ccc(F)cc2)c2ccccc2)CC1. The Morgan fingerprint density at radius 1 is 1.04 bits per heavy atom. The summed E-state index contributed by atoms with van der Waals surface area (Å²) in [6.07, 6.45) is 1.28. The zero-order valence-corrected chi connectivity index (χ0v) is 14.4. The van der Waals surface area contributed by atoms with Gasteiger partial charge in [-0.05, 0) is 55.8 Å². The van der Waals surface area contributed by atoms with Crippen LogP contribution in [0.5, 0.6) is 0 Å². The number of amides is 2. The van der Waals surface area contributed by atoms with E-state index in [1.807, 2.05) is 30.3 Å². The van der Waals surface area contributed by atoms with Gasteiger partial charge in [0.1, 0.15) is 11.9 Å². The molecule has 2 aromatic rings. The molecular weight excluding hydrogens is 333 g/mol. The molecule has 1 aliphatic heterocycles. The van der Waals surface area contributed by atoms with E-state index in [4.69, 9.17) is 5.73 Å². The van der Waals surface area contributed by atoms with E-state index in [0.29, 0.717) is 31.6 Å². The summed E-state index contributed by atoms with van der Waals surface area (Å²) in [7, 11) is 0. The van der Waals surface area contributed by atoms with Gasteiger partial charge in [0.25, 0.3) is 0 Å². The van der Waals surface area contributed by atoms with E-state index in [0.717, 1.165) is 5.56 Å².